The highest BCUT2D eigenvalue weighted by Crippen LogP contribution is 2.29. The second-order valence-electron chi connectivity index (χ2n) is 4.78. The molecule has 1 aromatic carbocycles. The van der Waals surface area contributed by atoms with E-state index in [-0.39, 0.29) is 5.25 Å². The second-order valence-corrected chi connectivity index (χ2v) is 7.01. The quantitative estimate of drug-likeness (QED) is 0.895. The number of nitrogens with one attached hydrogen (secondary N) is 1. The van der Waals surface area contributed by atoms with Crippen molar-refractivity contribution in [2.45, 2.75) is 42.4 Å². The summed E-state index contributed by atoms with van der Waals surface area (Å²) < 4.78 is 24.8. The van der Waals surface area contributed by atoms with Crippen molar-refractivity contribution in [3.05, 3.63) is 29.8 Å². The number of aryl methyl sites for hydroxylation is 1. The Morgan fingerprint density at radius 2 is 1.82 bits per heavy atom. The minimum Gasteiger partial charge on any atom is -0.317 e. The molecule has 0 radical (unpaired) electrons. The van der Waals surface area contributed by atoms with Gasteiger partial charge < -0.3 is 5.32 Å². The van der Waals surface area contributed by atoms with Gasteiger partial charge in [-0.2, -0.15) is 0 Å². The molecular formula is C13H19NO2S. The van der Waals surface area contributed by atoms with Crippen molar-refractivity contribution in [2.75, 3.05) is 7.05 Å². The summed E-state index contributed by atoms with van der Waals surface area (Å²) in [5.74, 6) is 0. The number of rotatable bonds is 3. The Morgan fingerprint density at radius 3 is 2.35 bits per heavy atom. The Balaban J connectivity index is 2.22. The molecule has 2 unspecified atom stereocenters. The van der Waals surface area contributed by atoms with Crippen LogP contribution < -0.4 is 5.32 Å². The molecule has 0 bridgehead atoms. The third-order valence-electron chi connectivity index (χ3n) is 3.58. The molecule has 1 aliphatic carbocycles. The van der Waals surface area contributed by atoms with Crippen molar-refractivity contribution in [2.24, 2.45) is 0 Å². The summed E-state index contributed by atoms with van der Waals surface area (Å²) in [7, 11) is -1.24. The summed E-state index contributed by atoms with van der Waals surface area (Å²) in [6, 6.07) is 7.50. The summed E-state index contributed by atoms with van der Waals surface area (Å²) in [5.41, 5.74) is 1.09. The monoisotopic (exact) mass is 253 g/mol. The van der Waals surface area contributed by atoms with E-state index in [1.54, 1.807) is 12.1 Å². The van der Waals surface area contributed by atoms with Gasteiger partial charge >= 0.3 is 0 Å². The van der Waals surface area contributed by atoms with Gasteiger partial charge in [0.2, 0.25) is 0 Å². The molecule has 2 rings (SSSR count). The summed E-state index contributed by atoms with van der Waals surface area (Å²) >= 11 is 0. The van der Waals surface area contributed by atoms with Crippen LogP contribution in [0.2, 0.25) is 0 Å². The first-order valence-corrected chi connectivity index (χ1v) is 7.56. The van der Waals surface area contributed by atoms with Crippen LogP contribution in [0, 0.1) is 6.92 Å². The molecular weight excluding hydrogens is 234 g/mol. The van der Waals surface area contributed by atoms with Gasteiger partial charge in [-0.3, -0.25) is 0 Å². The summed E-state index contributed by atoms with van der Waals surface area (Å²) in [6.07, 6.45) is 2.45. The highest BCUT2D eigenvalue weighted by Gasteiger charge is 2.34. The van der Waals surface area contributed by atoms with Gasteiger partial charge in [0.15, 0.2) is 9.84 Å². The molecule has 0 heterocycles. The van der Waals surface area contributed by atoms with Crippen molar-refractivity contribution in [3.8, 4) is 0 Å². The van der Waals surface area contributed by atoms with Gasteiger partial charge in [0.05, 0.1) is 10.1 Å². The fourth-order valence-corrected chi connectivity index (χ4v) is 4.24. The first-order valence-electron chi connectivity index (χ1n) is 6.02. The maximum absolute atomic E-state index is 12.4. The number of sulfone groups is 1. The lowest BCUT2D eigenvalue weighted by atomic mass is 10.2. The lowest BCUT2D eigenvalue weighted by Gasteiger charge is -2.12. The lowest BCUT2D eigenvalue weighted by Crippen LogP contribution is -2.25. The van der Waals surface area contributed by atoms with Crippen LogP contribution in [0.25, 0.3) is 0 Å². The molecule has 0 amide bonds. The lowest BCUT2D eigenvalue weighted by molar-refractivity contribution is 0.564. The fourth-order valence-electron chi connectivity index (χ4n) is 2.40. The summed E-state index contributed by atoms with van der Waals surface area (Å²) in [6.45, 7) is 1.96. The molecule has 1 fully saturated rings. The zero-order valence-corrected chi connectivity index (χ0v) is 11.1. The SMILES string of the molecule is CNC1CCC(S(=O)(=O)c2ccc(C)cc2)C1. The van der Waals surface area contributed by atoms with Gasteiger partial charge in [-0.1, -0.05) is 17.7 Å². The first-order chi connectivity index (χ1) is 8.04. The Bertz CT molecular complexity index is 479. The molecule has 94 valence electrons. The molecule has 3 nitrogen and oxygen atoms in total. The maximum Gasteiger partial charge on any atom is 0.181 e. The summed E-state index contributed by atoms with van der Waals surface area (Å²) in [4.78, 5) is 0.463. The third kappa shape index (κ3) is 2.53. The molecule has 0 spiro atoms. The van der Waals surface area contributed by atoms with Crippen molar-refractivity contribution < 1.29 is 8.42 Å². The first kappa shape index (κ1) is 12.6. The topological polar surface area (TPSA) is 46.2 Å². The Morgan fingerprint density at radius 1 is 1.18 bits per heavy atom. The number of hydrogen-bond acceptors (Lipinski definition) is 3. The maximum atomic E-state index is 12.4. The van der Waals surface area contributed by atoms with Crippen molar-refractivity contribution in [1.29, 1.82) is 0 Å². The molecule has 1 aromatic rings. The van der Waals surface area contributed by atoms with E-state index in [2.05, 4.69) is 5.32 Å². The van der Waals surface area contributed by atoms with Crippen molar-refractivity contribution in [1.82, 2.24) is 5.32 Å². The second kappa shape index (κ2) is 4.78. The third-order valence-corrected chi connectivity index (χ3v) is 5.82. The van der Waals surface area contributed by atoms with Gasteiger partial charge in [-0.25, -0.2) is 8.42 Å². The van der Waals surface area contributed by atoms with Crippen LogP contribution in [0.15, 0.2) is 29.2 Å². The van der Waals surface area contributed by atoms with E-state index in [1.807, 2.05) is 26.1 Å². The normalized spacial score (nSPS) is 25.1. The van der Waals surface area contributed by atoms with Gasteiger partial charge in [0.25, 0.3) is 0 Å². The van der Waals surface area contributed by atoms with Crippen LogP contribution in [0.4, 0.5) is 0 Å². The predicted octanol–water partition coefficient (Wildman–Crippen LogP) is 1.91. The Kier molecular flexibility index (Phi) is 3.54. The molecule has 0 aromatic heterocycles. The van der Waals surface area contributed by atoms with Crippen LogP contribution in [0.3, 0.4) is 0 Å². The summed E-state index contributed by atoms with van der Waals surface area (Å²) in [5, 5.41) is 2.94. The molecule has 1 aliphatic rings. The van der Waals surface area contributed by atoms with Crippen LogP contribution in [0.1, 0.15) is 24.8 Å². The van der Waals surface area contributed by atoms with E-state index in [4.69, 9.17) is 0 Å². The van der Waals surface area contributed by atoms with Crippen LogP contribution >= 0.6 is 0 Å². The van der Waals surface area contributed by atoms with E-state index < -0.39 is 9.84 Å². The molecule has 1 N–H and O–H groups in total. The fraction of sp³-hybridized carbons (Fsp3) is 0.538. The van der Waals surface area contributed by atoms with Gasteiger partial charge in [-0.15, -0.1) is 0 Å². The molecule has 2 atom stereocenters. The van der Waals surface area contributed by atoms with E-state index in [1.165, 1.54) is 0 Å². The van der Waals surface area contributed by atoms with E-state index in [0.717, 1.165) is 24.8 Å². The average molecular weight is 253 g/mol. The minimum atomic E-state index is -3.14. The van der Waals surface area contributed by atoms with E-state index >= 15 is 0 Å². The molecule has 4 heteroatoms. The Labute approximate surface area is 103 Å². The number of benzene rings is 1. The molecule has 0 aliphatic heterocycles. The van der Waals surface area contributed by atoms with Crippen LogP contribution in [-0.2, 0) is 9.84 Å². The number of hydrogen-bond donors (Lipinski definition) is 1. The van der Waals surface area contributed by atoms with E-state index in [9.17, 15) is 8.42 Å². The van der Waals surface area contributed by atoms with Crippen molar-refractivity contribution in [3.63, 3.8) is 0 Å². The van der Waals surface area contributed by atoms with Crippen molar-refractivity contribution >= 4 is 9.84 Å². The average Bonchev–Trinajstić information content (AvgIpc) is 2.78. The predicted molar refractivity (Wildman–Crippen MR) is 68.9 cm³/mol. The molecule has 1 saturated carbocycles. The zero-order chi connectivity index (χ0) is 12.5. The van der Waals surface area contributed by atoms with Crippen LogP contribution in [-0.4, -0.2) is 26.8 Å². The molecule has 0 saturated heterocycles. The highest BCUT2D eigenvalue weighted by atomic mass is 32.2. The molecule has 17 heavy (non-hydrogen) atoms. The Hall–Kier alpha value is -0.870. The largest absolute Gasteiger partial charge is 0.317 e. The van der Waals surface area contributed by atoms with Crippen LogP contribution in [0.5, 0.6) is 0 Å². The van der Waals surface area contributed by atoms with E-state index in [0.29, 0.717) is 10.9 Å². The van der Waals surface area contributed by atoms with Gasteiger partial charge in [0, 0.05) is 6.04 Å². The smallest absolute Gasteiger partial charge is 0.181 e. The highest BCUT2D eigenvalue weighted by molar-refractivity contribution is 7.92. The minimum absolute atomic E-state index is 0.220. The zero-order valence-electron chi connectivity index (χ0n) is 10.3. The standard InChI is InChI=1S/C13H19NO2S/c1-10-3-6-12(7-4-10)17(15,16)13-8-5-11(9-13)14-2/h3-4,6-7,11,13-14H,5,8-9H2,1-2H3. The van der Waals surface area contributed by atoms with Gasteiger partial charge in [0.1, 0.15) is 0 Å². The van der Waals surface area contributed by atoms with Gasteiger partial charge in [-0.05, 0) is 45.4 Å².